The first kappa shape index (κ1) is 13.3. The molecule has 1 atom stereocenters. The van der Waals surface area contributed by atoms with Crippen LogP contribution in [0.15, 0.2) is 18.2 Å². The van der Waals surface area contributed by atoms with Crippen LogP contribution in [0.2, 0.25) is 5.02 Å². The standard InChI is InChI=1S/C12H17ClFNO/c1-3-12(14,8-15)7-9-6-10(13)4-5-11(9)16-2/h4-6H,3,7-8,15H2,1-2H3. The normalized spacial score (nSPS) is 14.6. The summed E-state index contributed by atoms with van der Waals surface area (Å²) < 4.78 is 19.3. The molecular formula is C12H17ClFNO. The average molecular weight is 246 g/mol. The molecule has 0 aliphatic heterocycles. The van der Waals surface area contributed by atoms with Gasteiger partial charge in [-0.25, -0.2) is 4.39 Å². The molecule has 0 saturated heterocycles. The zero-order valence-electron chi connectivity index (χ0n) is 9.59. The number of methoxy groups -OCH3 is 1. The maximum Gasteiger partial charge on any atom is 0.127 e. The van der Waals surface area contributed by atoms with Gasteiger partial charge in [0.05, 0.1) is 7.11 Å². The molecule has 0 aromatic heterocycles. The van der Waals surface area contributed by atoms with Gasteiger partial charge in [-0.1, -0.05) is 18.5 Å². The van der Waals surface area contributed by atoms with Crippen molar-refractivity contribution in [1.29, 1.82) is 0 Å². The first-order valence-corrected chi connectivity index (χ1v) is 5.64. The SMILES string of the molecule is CCC(F)(CN)Cc1cc(Cl)ccc1OC. The molecule has 0 aliphatic rings. The van der Waals surface area contributed by atoms with E-state index >= 15 is 0 Å². The van der Waals surface area contributed by atoms with Gasteiger partial charge in [-0.05, 0) is 30.2 Å². The summed E-state index contributed by atoms with van der Waals surface area (Å²) in [5.41, 5.74) is 4.81. The van der Waals surface area contributed by atoms with Crippen molar-refractivity contribution in [2.24, 2.45) is 5.73 Å². The van der Waals surface area contributed by atoms with Crippen LogP contribution in [0, 0.1) is 0 Å². The van der Waals surface area contributed by atoms with Crippen LogP contribution in [0.1, 0.15) is 18.9 Å². The Hall–Kier alpha value is -0.800. The third-order valence-corrected chi connectivity index (χ3v) is 2.98. The molecule has 0 spiro atoms. The van der Waals surface area contributed by atoms with Crippen LogP contribution in [0.5, 0.6) is 5.75 Å². The molecule has 90 valence electrons. The smallest absolute Gasteiger partial charge is 0.127 e. The zero-order valence-corrected chi connectivity index (χ0v) is 10.4. The Bertz CT molecular complexity index is 353. The van der Waals surface area contributed by atoms with E-state index in [0.717, 1.165) is 5.56 Å². The Morgan fingerprint density at radius 1 is 1.50 bits per heavy atom. The molecule has 0 amide bonds. The van der Waals surface area contributed by atoms with E-state index < -0.39 is 5.67 Å². The van der Waals surface area contributed by atoms with Gasteiger partial charge < -0.3 is 10.5 Å². The first-order chi connectivity index (χ1) is 7.54. The summed E-state index contributed by atoms with van der Waals surface area (Å²) in [6.45, 7) is 1.78. The third-order valence-electron chi connectivity index (χ3n) is 2.75. The van der Waals surface area contributed by atoms with Crippen molar-refractivity contribution < 1.29 is 9.13 Å². The maximum absolute atomic E-state index is 14.2. The molecule has 1 aromatic carbocycles. The van der Waals surface area contributed by atoms with E-state index in [9.17, 15) is 4.39 Å². The molecular weight excluding hydrogens is 229 g/mol. The average Bonchev–Trinajstić information content (AvgIpc) is 2.29. The van der Waals surface area contributed by atoms with Gasteiger partial charge in [0.15, 0.2) is 0 Å². The van der Waals surface area contributed by atoms with Crippen LogP contribution in [0.3, 0.4) is 0 Å². The predicted octanol–water partition coefficient (Wildman–Crippen LogP) is 2.97. The number of hydrogen-bond donors (Lipinski definition) is 1. The van der Waals surface area contributed by atoms with Gasteiger partial charge in [-0.15, -0.1) is 0 Å². The fourth-order valence-electron chi connectivity index (χ4n) is 1.57. The Labute approximate surface area is 101 Å². The predicted molar refractivity (Wildman–Crippen MR) is 64.9 cm³/mol. The minimum atomic E-state index is -1.39. The molecule has 2 N–H and O–H groups in total. The Balaban J connectivity index is 2.98. The van der Waals surface area contributed by atoms with E-state index in [0.29, 0.717) is 17.2 Å². The summed E-state index contributed by atoms with van der Waals surface area (Å²) >= 11 is 5.88. The minimum absolute atomic E-state index is 0.000826. The molecule has 0 saturated carbocycles. The Kier molecular flexibility index (Phi) is 4.56. The quantitative estimate of drug-likeness (QED) is 0.866. The fraction of sp³-hybridized carbons (Fsp3) is 0.500. The van der Waals surface area contributed by atoms with E-state index in [1.807, 2.05) is 0 Å². The highest BCUT2D eigenvalue weighted by Gasteiger charge is 2.27. The molecule has 16 heavy (non-hydrogen) atoms. The third kappa shape index (κ3) is 3.09. The number of rotatable bonds is 5. The lowest BCUT2D eigenvalue weighted by Crippen LogP contribution is -2.34. The molecule has 2 nitrogen and oxygen atoms in total. The van der Waals surface area contributed by atoms with Crippen LogP contribution in [0.4, 0.5) is 4.39 Å². The lowest BCUT2D eigenvalue weighted by atomic mass is 9.93. The van der Waals surface area contributed by atoms with Crippen LogP contribution in [0.25, 0.3) is 0 Å². The van der Waals surface area contributed by atoms with Gasteiger partial charge in [0.1, 0.15) is 11.4 Å². The first-order valence-electron chi connectivity index (χ1n) is 5.26. The van der Waals surface area contributed by atoms with E-state index in [1.165, 1.54) is 0 Å². The van der Waals surface area contributed by atoms with Crippen LogP contribution >= 0.6 is 11.6 Å². The van der Waals surface area contributed by atoms with Crippen molar-refractivity contribution in [2.45, 2.75) is 25.4 Å². The molecule has 0 bridgehead atoms. The molecule has 0 radical (unpaired) electrons. The molecule has 0 aliphatic carbocycles. The highest BCUT2D eigenvalue weighted by Crippen LogP contribution is 2.29. The van der Waals surface area contributed by atoms with Crippen LogP contribution < -0.4 is 10.5 Å². The summed E-state index contributed by atoms with van der Waals surface area (Å²) in [5.74, 6) is 0.647. The number of nitrogens with two attached hydrogens (primary N) is 1. The highest BCUT2D eigenvalue weighted by atomic mass is 35.5. The van der Waals surface area contributed by atoms with Crippen molar-refractivity contribution in [3.63, 3.8) is 0 Å². The minimum Gasteiger partial charge on any atom is -0.496 e. The van der Waals surface area contributed by atoms with Crippen molar-refractivity contribution in [3.8, 4) is 5.75 Å². The Morgan fingerprint density at radius 2 is 2.19 bits per heavy atom. The van der Waals surface area contributed by atoms with Gasteiger partial charge >= 0.3 is 0 Å². The van der Waals surface area contributed by atoms with E-state index in [4.69, 9.17) is 22.1 Å². The van der Waals surface area contributed by atoms with Crippen molar-refractivity contribution >= 4 is 11.6 Å². The molecule has 1 unspecified atom stereocenters. The fourth-order valence-corrected chi connectivity index (χ4v) is 1.76. The maximum atomic E-state index is 14.2. The van der Waals surface area contributed by atoms with Crippen molar-refractivity contribution in [3.05, 3.63) is 28.8 Å². The number of ether oxygens (including phenoxy) is 1. The van der Waals surface area contributed by atoms with Gasteiger partial charge in [-0.2, -0.15) is 0 Å². The lowest BCUT2D eigenvalue weighted by Gasteiger charge is -2.23. The topological polar surface area (TPSA) is 35.2 Å². The van der Waals surface area contributed by atoms with Gasteiger partial charge in [0, 0.05) is 18.0 Å². The van der Waals surface area contributed by atoms with E-state index in [2.05, 4.69) is 0 Å². The second kappa shape index (κ2) is 5.51. The molecule has 1 aromatic rings. The zero-order chi connectivity index (χ0) is 12.2. The summed E-state index contributed by atoms with van der Waals surface area (Å²) in [4.78, 5) is 0. The largest absolute Gasteiger partial charge is 0.496 e. The van der Waals surface area contributed by atoms with Crippen molar-refractivity contribution in [1.82, 2.24) is 0 Å². The number of alkyl halides is 1. The molecule has 0 fully saturated rings. The highest BCUT2D eigenvalue weighted by molar-refractivity contribution is 6.30. The van der Waals surface area contributed by atoms with Crippen molar-refractivity contribution in [2.75, 3.05) is 13.7 Å². The summed E-state index contributed by atoms with van der Waals surface area (Å²) in [7, 11) is 1.56. The molecule has 0 heterocycles. The number of halogens is 2. The molecule has 4 heteroatoms. The van der Waals surface area contributed by atoms with E-state index in [-0.39, 0.29) is 13.0 Å². The number of hydrogen-bond acceptors (Lipinski definition) is 2. The van der Waals surface area contributed by atoms with Gasteiger partial charge in [-0.3, -0.25) is 0 Å². The summed E-state index contributed by atoms with van der Waals surface area (Å²) in [5, 5.41) is 0.575. The van der Waals surface area contributed by atoms with Crippen LogP contribution in [-0.4, -0.2) is 19.3 Å². The van der Waals surface area contributed by atoms with E-state index in [1.54, 1.807) is 32.2 Å². The number of benzene rings is 1. The second-order valence-electron chi connectivity index (χ2n) is 3.84. The summed E-state index contributed by atoms with van der Waals surface area (Å²) in [6, 6.07) is 5.18. The monoisotopic (exact) mass is 245 g/mol. The molecule has 1 rings (SSSR count). The van der Waals surface area contributed by atoms with Gasteiger partial charge in [0.2, 0.25) is 0 Å². The van der Waals surface area contributed by atoms with Crippen LogP contribution in [-0.2, 0) is 6.42 Å². The second-order valence-corrected chi connectivity index (χ2v) is 4.28. The Morgan fingerprint density at radius 3 is 2.69 bits per heavy atom. The lowest BCUT2D eigenvalue weighted by molar-refractivity contribution is 0.166. The van der Waals surface area contributed by atoms with Gasteiger partial charge in [0.25, 0.3) is 0 Å². The summed E-state index contributed by atoms with van der Waals surface area (Å²) in [6.07, 6.45) is 0.600.